The third kappa shape index (κ3) is 3.55. The number of pyridine rings is 1. The van der Waals surface area contributed by atoms with E-state index in [9.17, 15) is 4.79 Å². The number of hydrogen-bond acceptors (Lipinski definition) is 4. The van der Waals surface area contributed by atoms with Gasteiger partial charge in [-0.1, -0.05) is 11.6 Å². The Morgan fingerprint density at radius 3 is 2.59 bits per heavy atom. The molecule has 0 radical (unpaired) electrons. The van der Waals surface area contributed by atoms with E-state index >= 15 is 0 Å². The van der Waals surface area contributed by atoms with Crippen molar-refractivity contribution in [3.8, 4) is 0 Å². The topological polar surface area (TPSA) is 45.7 Å². The van der Waals surface area contributed by atoms with E-state index in [1.54, 1.807) is 6.20 Å². The zero-order valence-corrected chi connectivity index (χ0v) is 14.6. The van der Waals surface area contributed by atoms with Crippen LogP contribution < -0.4 is 4.90 Å². The van der Waals surface area contributed by atoms with Crippen LogP contribution in [-0.4, -0.2) is 55.2 Å². The van der Waals surface area contributed by atoms with Gasteiger partial charge in [0.1, 0.15) is 5.82 Å². The number of amides is 1. The summed E-state index contributed by atoms with van der Waals surface area (Å²) < 4.78 is 6.18. The van der Waals surface area contributed by atoms with Crippen molar-refractivity contribution < 1.29 is 9.53 Å². The maximum Gasteiger partial charge on any atom is 0.225 e. The molecular formula is C15H19BrClN3O2. The third-order valence-electron chi connectivity index (χ3n) is 4.25. The van der Waals surface area contributed by atoms with Gasteiger partial charge < -0.3 is 14.5 Å². The van der Waals surface area contributed by atoms with Crippen LogP contribution in [-0.2, 0) is 9.53 Å². The second-order valence-electron chi connectivity index (χ2n) is 5.66. The average molecular weight is 389 g/mol. The van der Waals surface area contributed by atoms with E-state index in [4.69, 9.17) is 16.3 Å². The number of nitrogens with zero attached hydrogens (tertiary/aromatic N) is 3. The molecule has 0 spiro atoms. The molecule has 0 aromatic carbocycles. The lowest BCUT2D eigenvalue weighted by Gasteiger charge is -2.36. The highest BCUT2D eigenvalue weighted by Gasteiger charge is 2.30. The number of anilines is 1. The zero-order valence-electron chi connectivity index (χ0n) is 12.3. The van der Waals surface area contributed by atoms with Gasteiger partial charge in [-0.2, -0.15) is 0 Å². The maximum atomic E-state index is 12.5. The van der Waals surface area contributed by atoms with E-state index < -0.39 is 0 Å². The fourth-order valence-electron chi connectivity index (χ4n) is 3.02. The lowest BCUT2D eigenvalue weighted by molar-refractivity contribution is -0.140. The molecule has 0 aliphatic carbocycles. The Kier molecular flexibility index (Phi) is 5.21. The van der Waals surface area contributed by atoms with Crippen molar-refractivity contribution in [3.63, 3.8) is 0 Å². The monoisotopic (exact) mass is 387 g/mol. The van der Waals surface area contributed by atoms with E-state index in [1.807, 2.05) is 11.0 Å². The first kappa shape index (κ1) is 16.0. The van der Waals surface area contributed by atoms with Crippen molar-refractivity contribution in [1.29, 1.82) is 0 Å². The maximum absolute atomic E-state index is 12.5. The molecule has 120 valence electrons. The summed E-state index contributed by atoms with van der Waals surface area (Å²) in [6.07, 6.45) is 3.46. The molecule has 0 saturated carbocycles. The van der Waals surface area contributed by atoms with E-state index in [2.05, 4.69) is 25.8 Å². The number of hydrogen-bond donors (Lipinski definition) is 0. The smallest absolute Gasteiger partial charge is 0.225 e. The molecule has 2 saturated heterocycles. The highest BCUT2D eigenvalue weighted by atomic mass is 79.9. The summed E-state index contributed by atoms with van der Waals surface area (Å²) in [4.78, 5) is 21.0. The van der Waals surface area contributed by atoms with Crippen molar-refractivity contribution in [2.45, 2.75) is 12.8 Å². The summed E-state index contributed by atoms with van der Waals surface area (Å²) in [6.45, 7) is 4.38. The molecule has 3 rings (SSSR count). The number of carbonyl (C=O) groups is 1. The van der Waals surface area contributed by atoms with Gasteiger partial charge in [0.2, 0.25) is 5.91 Å². The molecule has 1 aromatic heterocycles. The van der Waals surface area contributed by atoms with Crippen molar-refractivity contribution in [1.82, 2.24) is 9.88 Å². The Bertz CT molecular complexity index is 544. The molecule has 2 fully saturated rings. The number of rotatable bonds is 2. The molecule has 2 aliphatic heterocycles. The van der Waals surface area contributed by atoms with E-state index in [0.29, 0.717) is 18.2 Å². The Hall–Kier alpha value is -0.850. The van der Waals surface area contributed by atoms with E-state index in [0.717, 1.165) is 49.3 Å². The van der Waals surface area contributed by atoms with Crippen molar-refractivity contribution in [2.24, 2.45) is 5.92 Å². The molecule has 22 heavy (non-hydrogen) atoms. The van der Waals surface area contributed by atoms with Crippen LogP contribution in [0.1, 0.15) is 12.8 Å². The van der Waals surface area contributed by atoms with Gasteiger partial charge >= 0.3 is 0 Å². The second-order valence-corrected chi connectivity index (χ2v) is 6.98. The summed E-state index contributed by atoms with van der Waals surface area (Å²) >= 11 is 9.63. The minimum atomic E-state index is 0.114. The minimum absolute atomic E-state index is 0.114. The predicted octanol–water partition coefficient (Wildman–Crippen LogP) is 2.57. The zero-order chi connectivity index (χ0) is 15.5. The molecule has 1 aromatic rings. The molecule has 0 bridgehead atoms. The predicted molar refractivity (Wildman–Crippen MR) is 89.3 cm³/mol. The molecule has 2 aliphatic rings. The Morgan fingerprint density at radius 2 is 1.95 bits per heavy atom. The first-order valence-corrected chi connectivity index (χ1v) is 8.75. The largest absolute Gasteiger partial charge is 0.378 e. The van der Waals surface area contributed by atoms with Gasteiger partial charge in [-0.15, -0.1) is 0 Å². The summed E-state index contributed by atoms with van der Waals surface area (Å²) in [5.74, 6) is 1.20. The Labute approximate surface area is 143 Å². The molecule has 3 heterocycles. The van der Waals surface area contributed by atoms with Crippen molar-refractivity contribution >= 4 is 39.3 Å². The van der Waals surface area contributed by atoms with Gasteiger partial charge in [-0.25, -0.2) is 4.98 Å². The summed E-state index contributed by atoms with van der Waals surface area (Å²) in [6, 6.07) is 1.86. The van der Waals surface area contributed by atoms with Crippen LogP contribution in [0, 0.1) is 5.92 Å². The van der Waals surface area contributed by atoms with Crippen LogP contribution >= 0.6 is 27.5 Å². The quantitative estimate of drug-likeness (QED) is 0.781. The van der Waals surface area contributed by atoms with Crippen molar-refractivity contribution in [2.75, 3.05) is 44.3 Å². The van der Waals surface area contributed by atoms with Gasteiger partial charge in [-0.3, -0.25) is 4.79 Å². The van der Waals surface area contributed by atoms with Crippen molar-refractivity contribution in [3.05, 3.63) is 21.8 Å². The van der Waals surface area contributed by atoms with Crippen LogP contribution in [0.2, 0.25) is 5.02 Å². The Morgan fingerprint density at radius 1 is 1.27 bits per heavy atom. The molecule has 0 unspecified atom stereocenters. The van der Waals surface area contributed by atoms with Gasteiger partial charge in [0, 0.05) is 42.8 Å². The van der Waals surface area contributed by atoms with Gasteiger partial charge in [-0.05, 0) is 34.8 Å². The number of carbonyl (C=O) groups excluding carboxylic acids is 1. The Balaban J connectivity index is 1.59. The fourth-order valence-corrected chi connectivity index (χ4v) is 3.77. The lowest BCUT2D eigenvalue weighted by atomic mass is 9.95. The number of piperidine rings is 1. The number of morpholine rings is 1. The van der Waals surface area contributed by atoms with E-state index in [1.165, 1.54) is 0 Å². The molecule has 7 heteroatoms. The van der Waals surface area contributed by atoms with Crippen LogP contribution in [0.25, 0.3) is 0 Å². The van der Waals surface area contributed by atoms with Gasteiger partial charge in [0.05, 0.1) is 18.2 Å². The fraction of sp³-hybridized carbons (Fsp3) is 0.600. The van der Waals surface area contributed by atoms with Gasteiger partial charge in [0.15, 0.2) is 0 Å². The highest BCUT2D eigenvalue weighted by Crippen LogP contribution is 2.30. The molecule has 5 nitrogen and oxygen atoms in total. The number of aromatic nitrogens is 1. The van der Waals surface area contributed by atoms with Crippen LogP contribution in [0.4, 0.5) is 5.82 Å². The number of ether oxygens (including phenoxy) is 1. The highest BCUT2D eigenvalue weighted by molar-refractivity contribution is 9.10. The van der Waals surface area contributed by atoms with Crippen LogP contribution in [0.5, 0.6) is 0 Å². The summed E-state index contributed by atoms with van der Waals surface area (Å²) in [7, 11) is 0. The first-order chi connectivity index (χ1) is 10.6. The second kappa shape index (κ2) is 7.15. The van der Waals surface area contributed by atoms with Crippen LogP contribution in [0.3, 0.4) is 0 Å². The SMILES string of the molecule is O=C(C1CCN(c2ncc(Br)cc2Cl)CC1)N1CCOCC1. The van der Waals surface area contributed by atoms with Crippen LogP contribution in [0.15, 0.2) is 16.7 Å². The third-order valence-corrected chi connectivity index (χ3v) is 4.97. The molecule has 1 amide bonds. The van der Waals surface area contributed by atoms with E-state index in [-0.39, 0.29) is 11.8 Å². The summed E-state index contributed by atoms with van der Waals surface area (Å²) in [5, 5.41) is 0.646. The van der Waals surface area contributed by atoms with Gasteiger partial charge in [0.25, 0.3) is 0 Å². The normalized spacial score (nSPS) is 20.3. The minimum Gasteiger partial charge on any atom is -0.378 e. The standard InChI is InChI=1S/C15H19BrClN3O2/c16-12-9-13(17)14(18-10-12)19-3-1-11(2-4-19)15(21)20-5-7-22-8-6-20/h9-11H,1-8H2. The first-order valence-electron chi connectivity index (χ1n) is 7.57. The molecular weight excluding hydrogens is 370 g/mol. The number of halogens is 2. The lowest BCUT2D eigenvalue weighted by Crippen LogP contribution is -2.47. The summed E-state index contributed by atoms with van der Waals surface area (Å²) in [5.41, 5.74) is 0. The average Bonchev–Trinajstić information content (AvgIpc) is 2.55. The molecule has 0 atom stereocenters. The molecule has 0 N–H and O–H groups in total.